The van der Waals surface area contributed by atoms with Crippen molar-refractivity contribution in [2.75, 3.05) is 33.7 Å². The summed E-state index contributed by atoms with van der Waals surface area (Å²) in [5, 5.41) is 3.06. The Hall–Kier alpha value is -2.22. The number of nitrogens with one attached hydrogen (secondary N) is 1. The first kappa shape index (κ1) is 25.4. The Kier molecular flexibility index (Phi) is 9.06. The van der Waals surface area contributed by atoms with Crippen LogP contribution in [-0.2, 0) is 27.7 Å². The third-order valence-electron chi connectivity index (χ3n) is 6.41. The summed E-state index contributed by atoms with van der Waals surface area (Å²) in [5.74, 6) is -0.00274. The van der Waals surface area contributed by atoms with E-state index in [1.54, 1.807) is 16.4 Å². The molecule has 6 nitrogen and oxygen atoms in total. The number of amides is 1. The van der Waals surface area contributed by atoms with E-state index in [0.717, 1.165) is 31.2 Å². The van der Waals surface area contributed by atoms with Crippen LogP contribution < -0.4 is 5.32 Å². The quantitative estimate of drug-likeness (QED) is 0.573. The SMILES string of the molecule is CCc1ccc(C(CNC(=O)CCc2ccc(S(=O)(=O)N3CCCCC3)cc2)N(C)C)cc1. The molecular weight excluding hydrogens is 434 g/mol. The lowest BCUT2D eigenvalue weighted by atomic mass is 10.0. The number of likely N-dealkylation sites (N-methyl/N-ethyl adjacent to an activating group) is 1. The van der Waals surface area contributed by atoms with Crippen molar-refractivity contribution in [1.82, 2.24) is 14.5 Å². The van der Waals surface area contributed by atoms with E-state index in [-0.39, 0.29) is 11.9 Å². The molecule has 33 heavy (non-hydrogen) atoms. The zero-order valence-corrected chi connectivity index (χ0v) is 20.9. The van der Waals surface area contributed by atoms with Gasteiger partial charge in [-0.05, 0) is 68.6 Å². The lowest BCUT2D eigenvalue weighted by Gasteiger charge is -2.26. The van der Waals surface area contributed by atoms with Crippen molar-refractivity contribution in [2.24, 2.45) is 0 Å². The van der Waals surface area contributed by atoms with Gasteiger partial charge in [0.15, 0.2) is 0 Å². The van der Waals surface area contributed by atoms with Crippen LogP contribution in [0, 0.1) is 0 Å². The normalized spacial score (nSPS) is 16.0. The second kappa shape index (κ2) is 11.8. The molecule has 1 amide bonds. The topological polar surface area (TPSA) is 69.7 Å². The maximum Gasteiger partial charge on any atom is 0.243 e. The molecule has 0 aromatic heterocycles. The summed E-state index contributed by atoms with van der Waals surface area (Å²) >= 11 is 0. The molecule has 1 atom stereocenters. The predicted octanol–water partition coefficient (Wildman–Crippen LogP) is 3.78. The molecule has 1 aliphatic heterocycles. The minimum absolute atomic E-state index is 0.00274. The maximum absolute atomic E-state index is 12.8. The van der Waals surface area contributed by atoms with E-state index in [1.165, 1.54) is 11.1 Å². The smallest absolute Gasteiger partial charge is 0.243 e. The van der Waals surface area contributed by atoms with Crippen molar-refractivity contribution in [3.63, 3.8) is 0 Å². The lowest BCUT2D eigenvalue weighted by Crippen LogP contribution is -2.35. The van der Waals surface area contributed by atoms with Crippen molar-refractivity contribution < 1.29 is 13.2 Å². The van der Waals surface area contributed by atoms with Crippen LogP contribution >= 0.6 is 0 Å². The first-order valence-electron chi connectivity index (χ1n) is 11.9. The molecule has 0 bridgehead atoms. The summed E-state index contributed by atoms with van der Waals surface area (Å²) in [7, 11) is 0.618. The van der Waals surface area contributed by atoms with Gasteiger partial charge in [-0.15, -0.1) is 0 Å². The molecule has 2 aromatic carbocycles. The Morgan fingerprint density at radius 1 is 0.970 bits per heavy atom. The van der Waals surface area contributed by atoms with Gasteiger partial charge in [0.05, 0.1) is 10.9 Å². The summed E-state index contributed by atoms with van der Waals surface area (Å²) in [4.78, 5) is 14.9. The monoisotopic (exact) mass is 471 g/mol. The van der Waals surface area contributed by atoms with Gasteiger partial charge >= 0.3 is 0 Å². The van der Waals surface area contributed by atoms with Crippen molar-refractivity contribution in [3.05, 3.63) is 65.2 Å². The van der Waals surface area contributed by atoms with Crippen LogP contribution in [0.5, 0.6) is 0 Å². The van der Waals surface area contributed by atoms with Crippen molar-refractivity contribution in [3.8, 4) is 0 Å². The Bertz CT molecular complexity index is 996. The number of benzene rings is 2. The molecule has 0 radical (unpaired) electrons. The van der Waals surface area contributed by atoms with Crippen LogP contribution in [0.2, 0.25) is 0 Å². The van der Waals surface area contributed by atoms with E-state index < -0.39 is 10.0 Å². The molecule has 0 aliphatic carbocycles. The van der Waals surface area contributed by atoms with Crippen LogP contribution in [0.4, 0.5) is 0 Å². The lowest BCUT2D eigenvalue weighted by molar-refractivity contribution is -0.121. The van der Waals surface area contributed by atoms with Crippen molar-refractivity contribution >= 4 is 15.9 Å². The molecular formula is C26H37N3O3S. The Morgan fingerprint density at radius 2 is 1.58 bits per heavy atom. The summed E-state index contributed by atoms with van der Waals surface area (Å²) in [6.07, 6.45) is 4.89. The zero-order chi connectivity index (χ0) is 23.8. The fraction of sp³-hybridized carbons (Fsp3) is 0.500. The summed E-state index contributed by atoms with van der Waals surface area (Å²) < 4.78 is 27.1. The molecule has 3 rings (SSSR count). The van der Waals surface area contributed by atoms with Crippen LogP contribution in [0.15, 0.2) is 53.4 Å². The number of piperidine rings is 1. The molecule has 180 valence electrons. The first-order chi connectivity index (χ1) is 15.8. The van der Waals surface area contributed by atoms with Gasteiger partial charge in [0, 0.05) is 26.1 Å². The summed E-state index contributed by atoms with van der Waals surface area (Å²) in [5.41, 5.74) is 3.44. The van der Waals surface area contributed by atoms with E-state index in [0.29, 0.717) is 37.4 Å². The molecule has 0 spiro atoms. The largest absolute Gasteiger partial charge is 0.354 e. The van der Waals surface area contributed by atoms with Gasteiger partial charge in [0.1, 0.15) is 0 Å². The summed E-state index contributed by atoms with van der Waals surface area (Å²) in [6, 6.07) is 15.6. The Labute approximate surface area is 199 Å². The minimum atomic E-state index is -3.42. The second-order valence-electron chi connectivity index (χ2n) is 8.99. The highest BCUT2D eigenvalue weighted by molar-refractivity contribution is 7.89. The predicted molar refractivity (Wildman–Crippen MR) is 133 cm³/mol. The second-order valence-corrected chi connectivity index (χ2v) is 10.9. The summed E-state index contributed by atoms with van der Waals surface area (Å²) in [6.45, 7) is 3.88. The van der Waals surface area contributed by atoms with E-state index in [2.05, 4.69) is 41.4 Å². The van der Waals surface area contributed by atoms with Gasteiger partial charge in [-0.3, -0.25) is 4.79 Å². The van der Waals surface area contributed by atoms with Crippen LogP contribution in [-0.4, -0.2) is 57.3 Å². The van der Waals surface area contributed by atoms with Crippen LogP contribution in [0.25, 0.3) is 0 Å². The van der Waals surface area contributed by atoms with E-state index >= 15 is 0 Å². The molecule has 1 heterocycles. The van der Waals surface area contributed by atoms with E-state index in [1.807, 2.05) is 26.2 Å². The molecule has 2 aromatic rings. The van der Waals surface area contributed by atoms with Crippen molar-refractivity contribution in [1.29, 1.82) is 0 Å². The Morgan fingerprint density at radius 3 is 2.15 bits per heavy atom. The fourth-order valence-electron chi connectivity index (χ4n) is 4.21. The molecule has 1 unspecified atom stereocenters. The average Bonchev–Trinajstić information content (AvgIpc) is 2.84. The van der Waals surface area contributed by atoms with Gasteiger partial charge in [-0.2, -0.15) is 4.31 Å². The average molecular weight is 472 g/mol. The number of hydrogen-bond acceptors (Lipinski definition) is 4. The van der Waals surface area contributed by atoms with Gasteiger partial charge in [0.2, 0.25) is 15.9 Å². The highest BCUT2D eigenvalue weighted by atomic mass is 32.2. The van der Waals surface area contributed by atoms with Gasteiger partial charge in [-0.1, -0.05) is 49.7 Å². The third-order valence-corrected chi connectivity index (χ3v) is 8.32. The molecule has 7 heteroatoms. The fourth-order valence-corrected chi connectivity index (χ4v) is 5.73. The molecule has 1 saturated heterocycles. The van der Waals surface area contributed by atoms with Crippen LogP contribution in [0.1, 0.15) is 55.3 Å². The zero-order valence-electron chi connectivity index (χ0n) is 20.1. The number of sulfonamides is 1. The van der Waals surface area contributed by atoms with Crippen LogP contribution in [0.3, 0.4) is 0 Å². The first-order valence-corrected chi connectivity index (χ1v) is 13.4. The minimum Gasteiger partial charge on any atom is -0.354 e. The number of carbonyl (C=O) groups is 1. The Balaban J connectivity index is 1.51. The molecule has 1 aliphatic rings. The standard InChI is InChI=1S/C26H37N3O3S/c1-4-21-8-13-23(14-9-21)25(28(2)3)20-27-26(30)17-12-22-10-15-24(16-11-22)33(31,32)29-18-6-5-7-19-29/h8-11,13-16,25H,4-7,12,17-20H2,1-3H3,(H,27,30). The van der Waals surface area contributed by atoms with E-state index in [4.69, 9.17) is 0 Å². The number of hydrogen-bond donors (Lipinski definition) is 1. The number of aryl methyl sites for hydroxylation is 2. The maximum atomic E-state index is 12.8. The van der Waals surface area contributed by atoms with Crippen molar-refractivity contribution in [2.45, 2.75) is 56.4 Å². The number of carbonyl (C=O) groups excluding carboxylic acids is 1. The number of nitrogens with zero attached hydrogens (tertiary/aromatic N) is 2. The van der Waals surface area contributed by atoms with Gasteiger partial charge in [0.25, 0.3) is 0 Å². The molecule has 1 fully saturated rings. The molecule has 1 N–H and O–H groups in total. The third kappa shape index (κ3) is 6.88. The van der Waals surface area contributed by atoms with Gasteiger partial charge in [-0.25, -0.2) is 8.42 Å². The number of rotatable bonds is 10. The highest BCUT2D eigenvalue weighted by Crippen LogP contribution is 2.21. The van der Waals surface area contributed by atoms with E-state index in [9.17, 15) is 13.2 Å². The molecule has 0 saturated carbocycles. The highest BCUT2D eigenvalue weighted by Gasteiger charge is 2.25. The van der Waals surface area contributed by atoms with Gasteiger partial charge < -0.3 is 10.2 Å².